The van der Waals surface area contributed by atoms with Crippen molar-refractivity contribution in [3.63, 3.8) is 0 Å². The Kier molecular flexibility index (Phi) is 7.84. The van der Waals surface area contributed by atoms with Crippen molar-refractivity contribution in [1.82, 2.24) is 10.2 Å². The van der Waals surface area contributed by atoms with E-state index in [0.29, 0.717) is 32.4 Å². The van der Waals surface area contributed by atoms with E-state index in [1.807, 2.05) is 31.2 Å². The van der Waals surface area contributed by atoms with Gasteiger partial charge in [-0.15, -0.1) is 0 Å². The predicted octanol–water partition coefficient (Wildman–Crippen LogP) is 2.46. The first kappa shape index (κ1) is 21.7. The number of esters is 2. The molecule has 1 heterocycles. The summed E-state index contributed by atoms with van der Waals surface area (Å²) in [5.74, 6) is -0.759. The number of hydrogen-bond acceptors (Lipinski definition) is 5. The van der Waals surface area contributed by atoms with Gasteiger partial charge in [0, 0.05) is 13.1 Å². The number of nitrogens with zero attached hydrogens (tertiary/aromatic N) is 1. The Labute approximate surface area is 166 Å². The molecule has 2 amide bonds. The fraction of sp³-hybridized carbons (Fsp3) is 0.571. The summed E-state index contributed by atoms with van der Waals surface area (Å²) in [5.41, 5.74) is 1.39. The number of likely N-dealkylation sites (tertiary alicyclic amines) is 1. The molecule has 1 saturated heterocycles. The molecular formula is C21H30N2O5. The Hall–Kier alpha value is -2.57. The van der Waals surface area contributed by atoms with Crippen molar-refractivity contribution in [1.29, 1.82) is 0 Å². The summed E-state index contributed by atoms with van der Waals surface area (Å²) in [6, 6.07) is 7.57. The summed E-state index contributed by atoms with van der Waals surface area (Å²) in [5, 5.41) is 2.58. The van der Waals surface area contributed by atoms with Gasteiger partial charge in [-0.1, -0.05) is 24.3 Å². The minimum atomic E-state index is -0.790. The molecule has 28 heavy (non-hydrogen) atoms. The van der Waals surface area contributed by atoms with E-state index in [0.717, 1.165) is 11.1 Å². The maximum Gasteiger partial charge on any atom is 0.325 e. The van der Waals surface area contributed by atoms with Gasteiger partial charge in [0.05, 0.1) is 18.6 Å². The number of benzene rings is 1. The van der Waals surface area contributed by atoms with Gasteiger partial charge in [0.1, 0.15) is 6.54 Å². The van der Waals surface area contributed by atoms with Crippen LogP contribution < -0.4 is 5.32 Å². The lowest BCUT2D eigenvalue weighted by Crippen LogP contribution is -2.54. The fourth-order valence-electron chi connectivity index (χ4n) is 3.62. The summed E-state index contributed by atoms with van der Waals surface area (Å²) >= 11 is 0. The summed E-state index contributed by atoms with van der Waals surface area (Å²) in [7, 11) is 0. The van der Waals surface area contributed by atoms with Crippen LogP contribution in [0, 0.1) is 12.3 Å². The Morgan fingerprint density at radius 3 is 2.54 bits per heavy atom. The molecule has 0 saturated carbocycles. The third-order valence-corrected chi connectivity index (χ3v) is 5.05. The first-order chi connectivity index (χ1) is 13.4. The largest absolute Gasteiger partial charge is 0.466 e. The molecule has 1 atom stereocenters. The van der Waals surface area contributed by atoms with Gasteiger partial charge in [0.15, 0.2) is 0 Å². The van der Waals surface area contributed by atoms with E-state index in [1.165, 1.54) is 0 Å². The number of rotatable bonds is 7. The highest BCUT2D eigenvalue weighted by molar-refractivity contribution is 5.83. The molecule has 154 valence electrons. The monoisotopic (exact) mass is 390 g/mol. The van der Waals surface area contributed by atoms with Crippen molar-refractivity contribution >= 4 is 18.0 Å². The van der Waals surface area contributed by atoms with Crippen LogP contribution >= 0.6 is 0 Å². The first-order valence-electron chi connectivity index (χ1n) is 9.82. The van der Waals surface area contributed by atoms with Crippen LogP contribution in [-0.4, -0.2) is 55.7 Å². The lowest BCUT2D eigenvalue weighted by atomic mass is 9.74. The van der Waals surface area contributed by atoms with E-state index >= 15 is 0 Å². The second-order valence-corrected chi connectivity index (χ2v) is 7.09. The molecule has 0 aliphatic carbocycles. The van der Waals surface area contributed by atoms with Crippen LogP contribution in [0.4, 0.5) is 4.79 Å². The number of piperidine rings is 1. The lowest BCUT2D eigenvalue weighted by Gasteiger charge is -2.41. The zero-order chi connectivity index (χ0) is 20.6. The van der Waals surface area contributed by atoms with E-state index in [2.05, 4.69) is 5.32 Å². The number of ether oxygens (including phenoxy) is 2. The standard InChI is InChI=1S/C21H30N2O5/c1-4-27-18(24)14-22-20(26)23-12-8-11-21(15-23,19(25)28-5-2)13-17-10-7-6-9-16(17)3/h6-7,9-10H,4-5,8,11-15H2,1-3H3,(H,22,26)/t21-/m0/s1. The Morgan fingerprint density at radius 2 is 1.86 bits per heavy atom. The minimum Gasteiger partial charge on any atom is -0.466 e. The molecule has 7 nitrogen and oxygen atoms in total. The Morgan fingerprint density at radius 1 is 1.14 bits per heavy atom. The van der Waals surface area contributed by atoms with Crippen molar-refractivity contribution in [2.45, 2.75) is 40.0 Å². The molecule has 1 aromatic carbocycles. The minimum absolute atomic E-state index is 0.187. The highest BCUT2D eigenvalue weighted by Crippen LogP contribution is 2.36. The molecule has 0 aromatic heterocycles. The lowest BCUT2D eigenvalue weighted by molar-refractivity contribution is -0.158. The normalized spacial score (nSPS) is 19.0. The quantitative estimate of drug-likeness (QED) is 0.723. The van der Waals surface area contributed by atoms with Crippen LogP contribution in [0.1, 0.15) is 37.8 Å². The molecule has 1 fully saturated rings. The topological polar surface area (TPSA) is 84.9 Å². The number of carbonyl (C=O) groups is 3. The summed E-state index contributed by atoms with van der Waals surface area (Å²) in [6.45, 7) is 6.67. The first-order valence-corrected chi connectivity index (χ1v) is 9.82. The molecule has 0 unspecified atom stereocenters. The zero-order valence-corrected chi connectivity index (χ0v) is 17.0. The highest BCUT2D eigenvalue weighted by atomic mass is 16.5. The van der Waals surface area contributed by atoms with Crippen molar-refractivity contribution < 1.29 is 23.9 Å². The van der Waals surface area contributed by atoms with Gasteiger partial charge >= 0.3 is 18.0 Å². The van der Waals surface area contributed by atoms with E-state index in [9.17, 15) is 14.4 Å². The third kappa shape index (κ3) is 5.47. The van der Waals surface area contributed by atoms with Gasteiger partial charge in [-0.05, 0) is 51.2 Å². The second kappa shape index (κ2) is 10.1. The molecule has 1 aromatic rings. The number of hydrogen-bond donors (Lipinski definition) is 1. The highest BCUT2D eigenvalue weighted by Gasteiger charge is 2.45. The van der Waals surface area contributed by atoms with Gasteiger partial charge < -0.3 is 19.7 Å². The number of amides is 2. The van der Waals surface area contributed by atoms with Crippen molar-refractivity contribution in [3.8, 4) is 0 Å². The molecule has 0 bridgehead atoms. The number of aryl methyl sites for hydroxylation is 1. The van der Waals surface area contributed by atoms with Crippen LogP contribution in [0.15, 0.2) is 24.3 Å². The van der Waals surface area contributed by atoms with Gasteiger partial charge in [-0.25, -0.2) is 4.79 Å². The summed E-state index contributed by atoms with van der Waals surface area (Å²) < 4.78 is 10.2. The van der Waals surface area contributed by atoms with E-state index in [1.54, 1.807) is 18.7 Å². The molecule has 7 heteroatoms. The molecular weight excluding hydrogens is 360 g/mol. The molecule has 2 rings (SSSR count). The Balaban J connectivity index is 2.16. The zero-order valence-electron chi connectivity index (χ0n) is 17.0. The average molecular weight is 390 g/mol. The van der Waals surface area contributed by atoms with Crippen LogP contribution in [0.25, 0.3) is 0 Å². The maximum atomic E-state index is 12.9. The summed E-state index contributed by atoms with van der Waals surface area (Å²) in [6.07, 6.45) is 1.86. The van der Waals surface area contributed by atoms with Gasteiger partial charge in [0.2, 0.25) is 0 Å². The second-order valence-electron chi connectivity index (χ2n) is 7.09. The molecule has 0 spiro atoms. The Bertz CT molecular complexity index is 706. The van der Waals surface area contributed by atoms with Crippen molar-refractivity contribution in [2.24, 2.45) is 5.41 Å². The third-order valence-electron chi connectivity index (χ3n) is 5.05. The number of urea groups is 1. The van der Waals surface area contributed by atoms with E-state index in [4.69, 9.17) is 9.47 Å². The number of carbonyl (C=O) groups excluding carboxylic acids is 3. The van der Waals surface area contributed by atoms with E-state index in [-0.39, 0.29) is 31.7 Å². The van der Waals surface area contributed by atoms with E-state index < -0.39 is 11.4 Å². The predicted molar refractivity (Wildman–Crippen MR) is 105 cm³/mol. The smallest absolute Gasteiger partial charge is 0.325 e. The van der Waals surface area contributed by atoms with Crippen molar-refractivity contribution in [3.05, 3.63) is 35.4 Å². The fourth-order valence-corrected chi connectivity index (χ4v) is 3.62. The molecule has 1 aliphatic heterocycles. The molecule has 1 N–H and O–H groups in total. The van der Waals surface area contributed by atoms with Crippen molar-refractivity contribution in [2.75, 3.05) is 32.8 Å². The van der Waals surface area contributed by atoms with Crippen LogP contribution in [0.5, 0.6) is 0 Å². The van der Waals surface area contributed by atoms with Crippen LogP contribution in [-0.2, 0) is 25.5 Å². The number of nitrogens with one attached hydrogen (secondary N) is 1. The SMILES string of the molecule is CCOC(=O)CNC(=O)N1CCC[C@@](Cc2ccccc2C)(C(=O)OCC)C1. The average Bonchev–Trinajstić information content (AvgIpc) is 2.68. The summed E-state index contributed by atoms with van der Waals surface area (Å²) in [4.78, 5) is 38.5. The van der Waals surface area contributed by atoms with Crippen LogP contribution in [0.3, 0.4) is 0 Å². The maximum absolute atomic E-state index is 12.9. The van der Waals surface area contributed by atoms with Crippen LogP contribution in [0.2, 0.25) is 0 Å². The van der Waals surface area contributed by atoms with Gasteiger partial charge in [0.25, 0.3) is 0 Å². The molecule has 1 aliphatic rings. The van der Waals surface area contributed by atoms with Gasteiger partial charge in [-0.3, -0.25) is 9.59 Å². The molecule has 0 radical (unpaired) electrons. The van der Waals surface area contributed by atoms with Gasteiger partial charge in [-0.2, -0.15) is 0 Å².